The Kier molecular flexibility index (Phi) is 9.59. The first kappa shape index (κ1) is 35.1. The lowest BCUT2D eigenvalue weighted by Crippen LogP contribution is -2.60. The van der Waals surface area contributed by atoms with Crippen LogP contribution in [0.5, 0.6) is 11.5 Å². The monoisotopic (exact) mass is 741 g/mol. The number of carboxylic acids is 2. The number of nitrogens with one attached hydrogen (secondary N) is 1. The molecule has 0 aliphatic carbocycles. The van der Waals surface area contributed by atoms with E-state index in [0.29, 0.717) is 16.8 Å². The van der Waals surface area contributed by atoms with E-state index in [2.05, 4.69) is 15.6 Å². The Hall–Kier alpha value is -5.19. The van der Waals surface area contributed by atoms with Crippen LogP contribution in [-0.4, -0.2) is 135 Å². The maximum absolute atomic E-state index is 13.4. The third-order valence-corrected chi connectivity index (χ3v) is 10.5. The summed E-state index contributed by atoms with van der Waals surface area (Å²) in [4.78, 5) is 97.9. The third kappa shape index (κ3) is 6.25. The molecule has 8 N–H and O–H groups in total. The molecule has 260 valence electrons. The number of rotatable bonds is 13. The number of phenols is 2. The molecule has 3 aliphatic heterocycles. The average Bonchev–Trinajstić information content (AvgIpc) is 3.76. The Morgan fingerprint density at radius 1 is 1.18 bits per heavy atom. The minimum atomic E-state index is -2.07. The largest absolute Gasteiger partial charge is 0.504 e. The van der Waals surface area contributed by atoms with E-state index in [0.717, 1.165) is 33.3 Å². The highest BCUT2D eigenvalue weighted by Crippen LogP contribution is 2.52. The van der Waals surface area contributed by atoms with Crippen LogP contribution in [-0.2, 0) is 28.8 Å². The van der Waals surface area contributed by atoms with Gasteiger partial charge in [-0.05, 0) is 12.1 Å². The average molecular weight is 742 g/mol. The molecular weight excluding hydrogens is 718 g/mol. The van der Waals surface area contributed by atoms with Gasteiger partial charge in [0.15, 0.2) is 28.1 Å². The number of hydrazine groups is 1. The number of aromatic nitrogens is 1. The first-order valence-electron chi connectivity index (χ1n) is 13.8. The normalized spacial score (nSPS) is 22.4. The minimum Gasteiger partial charge on any atom is -0.504 e. The second kappa shape index (κ2) is 13.4. The minimum absolute atomic E-state index is 0.0317. The van der Waals surface area contributed by atoms with E-state index in [1.54, 1.807) is 0 Å². The number of nitrogens with two attached hydrogens (primary N) is 1. The van der Waals surface area contributed by atoms with Crippen molar-refractivity contribution < 1.29 is 63.9 Å². The molecular formula is C26H24ClN7O13S2. The molecule has 3 aliphatic rings. The molecule has 23 heteroatoms. The van der Waals surface area contributed by atoms with Gasteiger partial charge in [-0.2, -0.15) is 0 Å². The van der Waals surface area contributed by atoms with Gasteiger partial charge in [0.2, 0.25) is 16.9 Å². The van der Waals surface area contributed by atoms with Gasteiger partial charge in [0.05, 0.1) is 41.6 Å². The van der Waals surface area contributed by atoms with Crippen molar-refractivity contribution in [2.45, 2.75) is 22.8 Å². The lowest BCUT2D eigenvalue weighted by atomic mass is 9.90. The van der Waals surface area contributed by atoms with Crippen molar-refractivity contribution in [3.63, 3.8) is 0 Å². The summed E-state index contributed by atoms with van der Waals surface area (Å²) in [7, 11) is 0. The SMILES string of the molecule is Nc1nc(/C(=N/O[C@H](CO)C(=O)O)C(=O)CC2C(=O)N3C[C@@](C(=O)O)(N4CCN(NC(=O)C(=O)c5ccc(O)c(O)c5Cl)C4=O)S[C@H]23)cs1. The van der Waals surface area contributed by atoms with Crippen LogP contribution in [0.25, 0.3) is 0 Å². The van der Waals surface area contributed by atoms with Crippen LogP contribution in [0, 0.1) is 5.92 Å². The van der Waals surface area contributed by atoms with Crippen molar-refractivity contribution >= 4 is 86.9 Å². The molecule has 4 amide bonds. The van der Waals surface area contributed by atoms with Gasteiger partial charge < -0.3 is 41.0 Å². The van der Waals surface area contributed by atoms with E-state index in [-0.39, 0.29) is 23.9 Å². The first-order valence-corrected chi connectivity index (χ1v) is 15.9. The van der Waals surface area contributed by atoms with Gasteiger partial charge in [-0.1, -0.05) is 28.5 Å². The number of anilines is 1. The Morgan fingerprint density at radius 3 is 2.51 bits per heavy atom. The van der Waals surface area contributed by atoms with Gasteiger partial charge in [0, 0.05) is 18.3 Å². The first-order chi connectivity index (χ1) is 23.1. The van der Waals surface area contributed by atoms with Gasteiger partial charge in [-0.3, -0.25) is 29.5 Å². The maximum atomic E-state index is 13.4. The van der Waals surface area contributed by atoms with Crippen molar-refractivity contribution in [2.75, 3.05) is 32.0 Å². The molecule has 3 saturated heterocycles. The van der Waals surface area contributed by atoms with Crippen LogP contribution in [0.4, 0.5) is 9.93 Å². The molecule has 2 aromatic rings. The van der Waals surface area contributed by atoms with Crippen molar-refractivity contribution in [1.82, 2.24) is 25.2 Å². The number of hydrogen-bond acceptors (Lipinski definition) is 16. The van der Waals surface area contributed by atoms with Crippen LogP contribution < -0.4 is 11.2 Å². The number of amides is 4. The number of nitrogen functional groups attached to an aromatic ring is 1. The predicted molar refractivity (Wildman–Crippen MR) is 165 cm³/mol. The number of aromatic hydroxyl groups is 2. The topological polar surface area (TPSA) is 303 Å². The van der Waals surface area contributed by atoms with Gasteiger partial charge in [-0.25, -0.2) is 24.4 Å². The molecule has 20 nitrogen and oxygen atoms in total. The summed E-state index contributed by atoms with van der Waals surface area (Å²) in [6, 6.07) is 0.875. The molecule has 4 atom stereocenters. The number of carbonyl (C=O) groups excluding carboxylic acids is 5. The summed E-state index contributed by atoms with van der Waals surface area (Å²) < 4.78 is 0. The molecule has 0 radical (unpaired) electrons. The van der Waals surface area contributed by atoms with Crippen molar-refractivity contribution in [2.24, 2.45) is 11.1 Å². The number of aliphatic carboxylic acids is 2. The van der Waals surface area contributed by atoms with Crippen LogP contribution in [0.3, 0.4) is 0 Å². The second-order valence-corrected chi connectivity index (χ2v) is 13.2. The van der Waals surface area contributed by atoms with Crippen molar-refractivity contribution in [3.8, 4) is 11.5 Å². The van der Waals surface area contributed by atoms with Crippen molar-refractivity contribution in [3.05, 3.63) is 33.8 Å². The molecule has 5 rings (SSSR count). The molecule has 1 unspecified atom stereocenters. The summed E-state index contributed by atoms with van der Waals surface area (Å²) in [5.74, 6) is -9.77. The predicted octanol–water partition coefficient (Wildman–Crippen LogP) is -1.12. The number of benzene rings is 1. The fourth-order valence-electron chi connectivity index (χ4n) is 5.15. The zero-order valence-electron chi connectivity index (χ0n) is 24.5. The lowest BCUT2D eigenvalue weighted by Gasteiger charge is -2.40. The Morgan fingerprint density at radius 2 is 1.90 bits per heavy atom. The van der Waals surface area contributed by atoms with Crippen molar-refractivity contribution in [1.29, 1.82) is 0 Å². The highest BCUT2D eigenvalue weighted by molar-refractivity contribution is 8.02. The number of urea groups is 1. The van der Waals surface area contributed by atoms with Gasteiger partial charge in [0.25, 0.3) is 5.78 Å². The fraction of sp³-hybridized carbons (Fsp3) is 0.346. The summed E-state index contributed by atoms with van der Waals surface area (Å²) in [5.41, 5.74) is 6.65. The number of nitrogens with zero attached hydrogens (tertiary/aromatic N) is 5. The number of aliphatic hydroxyl groups is 1. The number of β-lactam (4-membered cyclic amide) rings is 1. The highest BCUT2D eigenvalue weighted by Gasteiger charge is 2.66. The number of hydrogen-bond donors (Lipinski definition) is 7. The summed E-state index contributed by atoms with van der Waals surface area (Å²) in [6.07, 6.45) is -2.37. The third-order valence-electron chi connectivity index (χ3n) is 7.66. The Bertz CT molecular complexity index is 1820. The number of halogens is 1. The van der Waals surface area contributed by atoms with Crippen LogP contribution >= 0.6 is 34.7 Å². The van der Waals surface area contributed by atoms with E-state index in [9.17, 15) is 54.0 Å². The Labute approximate surface area is 286 Å². The summed E-state index contributed by atoms with van der Waals surface area (Å²) in [6.45, 7) is -2.00. The number of thioether (sulfide) groups is 1. The number of oxime groups is 1. The molecule has 0 spiro atoms. The number of phenolic OH excluding ortho intramolecular Hbond substituents is 2. The zero-order chi connectivity index (χ0) is 35.9. The molecule has 1 aromatic carbocycles. The number of fused-ring (bicyclic) bond motifs is 1. The number of thiazole rings is 1. The lowest BCUT2D eigenvalue weighted by molar-refractivity contribution is -0.154. The highest BCUT2D eigenvalue weighted by atomic mass is 35.5. The Balaban J connectivity index is 1.30. The van der Waals surface area contributed by atoms with E-state index in [4.69, 9.17) is 27.3 Å². The molecule has 3 fully saturated rings. The van der Waals surface area contributed by atoms with Gasteiger partial charge in [-0.15, -0.1) is 11.3 Å². The number of Topliss-reactive ketones (excluding diaryl/α,β-unsaturated/α-hetero) is 2. The second-order valence-electron chi connectivity index (χ2n) is 10.6. The summed E-state index contributed by atoms with van der Waals surface area (Å²) >= 11 is 7.49. The van der Waals surface area contributed by atoms with Gasteiger partial charge in [0.1, 0.15) is 5.69 Å². The van der Waals surface area contributed by atoms with E-state index in [1.165, 1.54) is 5.38 Å². The van der Waals surface area contributed by atoms with Gasteiger partial charge >= 0.3 is 23.9 Å². The standard InChI is InChI=1S/C26H24ClN7O13S2/c27-15-9(1-2-12(36)18(15)39)17(38)19(40)30-34-4-3-33(25(34)46)26(23(44)45)8-32-20(41)10(21(32)49-26)5-13(37)16(11-7-48-24(28)29-11)31-47-14(6-35)22(42)43/h1-2,7,10,14,21,35-36,39H,3-6,8H2,(H2,28,29)(H,30,40)(H,42,43)(H,44,45)/b31-16-/t10?,14-,21-,26-/m1/s1. The quantitative estimate of drug-likeness (QED) is 0.0319. The van der Waals surface area contributed by atoms with Crippen LogP contribution in [0.1, 0.15) is 22.5 Å². The van der Waals surface area contributed by atoms with Crippen LogP contribution in [0.15, 0.2) is 22.7 Å². The number of carboxylic acid groups (broad SMARTS) is 2. The molecule has 0 bridgehead atoms. The summed E-state index contributed by atoms with van der Waals surface area (Å²) in [5, 5.41) is 52.1. The smallest absolute Gasteiger partial charge is 0.350 e. The fourth-order valence-corrected chi connectivity index (χ4v) is 7.64. The number of aliphatic hydroxyl groups excluding tert-OH is 1. The van der Waals surface area contributed by atoms with E-state index in [1.807, 2.05) is 0 Å². The van der Waals surface area contributed by atoms with Crippen LogP contribution in [0.2, 0.25) is 5.02 Å². The van der Waals surface area contributed by atoms with E-state index >= 15 is 0 Å². The number of ketones is 2. The molecule has 0 saturated carbocycles. The number of carbonyl (C=O) groups is 7. The molecule has 1 aromatic heterocycles. The molecule has 4 heterocycles. The van der Waals surface area contributed by atoms with E-state index < -0.39 is 111 Å². The zero-order valence-corrected chi connectivity index (χ0v) is 26.9. The molecule has 49 heavy (non-hydrogen) atoms. The maximum Gasteiger partial charge on any atom is 0.350 e.